The second-order valence-corrected chi connectivity index (χ2v) is 5.25. The Hall–Kier alpha value is -2.40. The molecule has 0 atom stereocenters. The van der Waals surface area contributed by atoms with E-state index in [9.17, 15) is 4.79 Å². The van der Waals surface area contributed by atoms with Crippen molar-refractivity contribution in [2.24, 2.45) is 0 Å². The van der Waals surface area contributed by atoms with Crippen LogP contribution >= 0.6 is 11.3 Å². The van der Waals surface area contributed by atoms with Gasteiger partial charge in [-0.2, -0.15) is 0 Å². The largest absolute Gasteiger partial charge is 0.345 e. The summed E-state index contributed by atoms with van der Waals surface area (Å²) in [5.74, 6) is 0.628. The number of nitrogens with one attached hydrogen (secondary N) is 2. The molecule has 0 aliphatic carbocycles. The molecule has 0 radical (unpaired) electrons. The van der Waals surface area contributed by atoms with Gasteiger partial charge in [-0.3, -0.25) is 4.79 Å². The molecule has 20 heavy (non-hydrogen) atoms. The van der Waals surface area contributed by atoms with Gasteiger partial charge in [0.15, 0.2) is 0 Å². The number of para-hydroxylation sites is 2. The van der Waals surface area contributed by atoms with E-state index in [1.54, 1.807) is 17.4 Å². The first-order chi connectivity index (χ1) is 9.81. The van der Waals surface area contributed by atoms with E-state index in [-0.39, 0.29) is 5.91 Å². The van der Waals surface area contributed by atoms with Crippen LogP contribution in [0.1, 0.15) is 10.7 Å². The highest BCUT2D eigenvalue weighted by Gasteiger charge is 2.02. The molecule has 0 unspecified atom stereocenters. The molecule has 3 rings (SSSR count). The summed E-state index contributed by atoms with van der Waals surface area (Å²) in [6.45, 7) is 0.391. The topological polar surface area (TPSA) is 57.8 Å². The minimum Gasteiger partial charge on any atom is -0.345 e. The van der Waals surface area contributed by atoms with E-state index in [1.165, 1.54) is 6.08 Å². The lowest BCUT2D eigenvalue weighted by molar-refractivity contribution is -0.116. The van der Waals surface area contributed by atoms with Crippen LogP contribution < -0.4 is 5.32 Å². The number of H-pyrrole nitrogens is 1. The average Bonchev–Trinajstić information content (AvgIpc) is 3.11. The number of amides is 1. The Labute approximate surface area is 120 Å². The van der Waals surface area contributed by atoms with Gasteiger partial charge in [-0.05, 0) is 29.7 Å². The summed E-state index contributed by atoms with van der Waals surface area (Å²) in [7, 11) is 0. The number of benzene rings is 1. The van der Waals surface area contributed by atoms with Crippen molar-refractivity contribution in [3.63, 3.8) is 0 Å². The molecule has 2 N–H and O–H groups in total. The van der Waals surface area contributed by atoms with Crippen molar-refractivity contribution in [2.45, 2.75) is 6.54 Å². The number of rotatable bonds is 4. The molecule has 2 heterocycles. The van der Waals surface area contributed by atoms with Gasteiger partial charge < -0.3 is 10.3 Å². The molecule has 0 saturated heterocycles. The highest BCUT2D eigenvalue weighted by molar-refractivity contribution is 7.10. The Morgan fingerprint density at radius 1 is 1.30 bits per heavy atom. The van der Waals surface area contributed by atoms with Gasteiger partial charge in [-0.1, -0.05) is 18.2 Å². The molecule has 0 bridgehead atoms. The quantitative estimate of drug-likeness (QED) is 0.723. The number of hydrogen-bond acceptors (Lipinski definition) is 3. The minimum absolute atomic E-state index is 0.126. The van der Waals surface area contributed by atoms with Crippen molar-refractivity contribution in [1.29, 1.82) is 0 Å². The van der Waals surface area contributed by atoms with Crippen LogP contribution in [0, 0.1) is 0 Å². The fourth-order valence-corrected chi connectivity index (χ4v) is 2.48. The van der Waals surface area contributed by atoms with Crippen LogP contribution in [-0.2, 0) is 11.3 Å². The number of carbonyl (C=O) groups is 1. The maximum Gasteiger partial charge on any atom is 0.244 e. The standard InChI is InChI=1S/C15H13N3OS/c19-15(8-7-11-4-3-9-20-11)16-10-14-17-12-5-1-2-6-13(12)18-14/h1-9H,10H2,(H,16,19)(H,17,18)/b8-7+. The van der Waals surface area contributed by atoms with Gasteiger partial charge in [-0.15, -0.1) is 11.3 Å². The molecule has 0 aliphatic heterocycles. The van der Waals surface area contributed by atoms with E-state index in [0.29, 0.717) is 6.54 Å². The van der Waals surface area contributed by atoms with Crippen LogP contribution in [0.3, 0.4) is 0 Å². The lowest BCUT2D eigenvalue weighted by Crippen LogP contribution is -2.20. The molecule has 3 aromatic rings. The number of fused-ring (bicyclic) bond motifs is 1. The van der Waals surface area contributed by atoms with Crippen LogP contribution in [0.2, 0.25) is 0 Å². The molecule has 0 saturated carbocycles. The number of imidazole rings is 1. The smallest absolute Gasteiger partial charge is 0.244 e. The Kier molecular flexibility index (Phi) is 3.60. The highest BCUT2D eigenvalue weighted by Crippen LogP contribution is 2.11. The third-order valence-corrected chi connectivity index (χ3v) is 3.65. The van der Waals surface area contributed by atoms with Crippen LogP contribution in [-0.4, -0.2) is 15.9 Å². The van der Waals surface area contributed by atoms with E-state index in [4.69, 9.17) is 0 Å². The summed E-state index contributed by atoms with van der Waals surface area (Å²) in [4.78, 5) is 20.3. The molecule has 0 fully saturated rings. The number of thiophene rings is 1. The van der Waals surface area contributed by atoms with Gasteiger partial charge in [0.25, 0.3) is 0 Å². The molecule has 4 nitrogen and oxygen atoms in total. The summed E-state index contributed by atoms with van der Waals surface area (Å²) in [6.07, 6.45) is 3.34. The summed E-state index contributed by atoms with van der Waals surface area (Å²) >= 11 is 1.60. The van der Waals surface area contributed by atoms with Crippen LogP contribution in [0.15, 0.2) is 47.9 Å². The summed E-state index contributed by atoms with van der Waals surface area (Å²) < 4.78 is 0. The number of carbonyl (C=O) groups excluding carboxylic acids is 1. The van der Waals surface area contributed by atoms with Crippen molar-refractivity contribution >= 4 is 34.4 Å². The molecule has 1 amide bonds. The Morgan fingerprint density at radius 3 is 3.00 bits per heavy atom. The Morgan fingerprint density at radius 2 is 2.20 bits per heavy atom. The molecular formula is C15H13N3OS. The first-order valence-corrected chi connectivity index (χ1v) is 7.12. The number of aromatic amines is 1. The van der Waals surface area contributed by atoms with E-state index in [2.05, 4.69) is 15.3 Å². The van der Waals surface area contributed by atoms with Crippen LogP contribution in [0.5, 0.6) is 0 Å². The van der Waals surface area contributed by atoms with E-state index in [1.807, 2.05) is 41.8 Å². The normalized spacial score (nSPS) is 11.2. The fraction of sp³-hybridized carbons (Fsp3) is 0.0667. The summed E-state index contributed by atoms with van der Waals surface area (Å²) in [5.41, 5.74) is 1.89. The van der Waals surface area contributed by atoms with Gasteiger partial charge in [0.2, 0.25) is 5.91 Å². The molecule has 1 aromatic carbocycles. The van der Waals surface area contributed by atoms with Crippen LogP contribution in [0.25, 0.3) is 17.1 Å². The zero-order valence-electron chi connectivity index (χ0n) is 10.7. The van der Waals surface area contributed by atoms with Crippen molar-refractivity contribution in [3.8, 4) is 0 Å². The Balaban J connectivity index is 1.60. The van der Waals surface area contributed by atoms with Gasteiger partial charge in [-0.25, -0.2) is 4.98 Å². The molecule has 5 heteroatoms. The SMILES string of the molecule is O=C(/C=C/c1cccs1)NCc1nc2ccccc2[nH]1. The highest BCUT2D eigenvalue weighted by atomic mass is 32.1. The fourth-order valence-electron chi connectivity index (χ4n) is 1.86. The van der Waals surface area contributed by atoms with E-state index < -0.39 is 0 Å². The average molecular weight is 283 g/mol. The van der Waals surface area contributed by atoms with Crippen molar-refractivity contribution in [1.82, 2.24) is 15.3 Å². The van der Waals surface area contributed by atoms with Crippen LogP contribution in [0.4, 0.5) is 0 Å². The monoisotopic (exact) mass is 283 g/mol. The minimum atomic E-state index is -0.126. The predicted octanol–water partition coefficient (Wildman–Crippen LogP) is 2.95. The van der Waals surface area contributed by atoms with E-state index in [0.717, 1.165) is 21.7 Å². The van der Waals surface area contributed by atoms with Crippen molar-refractivity contribution < 1.29 is 4.79 Å². The lowest BCUT2D eigenvalue weighted by Gasteiger charge is -1.97. The zero-order valence-corrected chi connectivity index (χ0v) is 11.5. The second-order valence-electron chi connectivity index (χ2n) is 4.27. The van der Waals surface area contributed by atoms with Crippen molar-refractivity contribution in [2.75, 3.05) is 0 Å². The summed E-state index contributed by atoms with van der Waals surface area (Å²) in [6, 6.07) is 11.7. The molecule has 100 valence electrons. The lowest BCUT2D eigenvalue weighted by atomic mass is 10.3. The number of aromatic nitrogens is 2. The number of hydrogen-bond donors (Lipinski definition) is 2. The molecule has 0 spiro atoms. The first-order valence-electron chi connectivity index (χ1n) is 6.24. The van der Waals surface area contributed by atoms with E-state index >= 15 is 0 Å². The zero-order chi connectivity index (χ0) is 13.8. The Bertz CT molecular complexity index is 710. The maximum absolute atomic E-state index is 11.7. The van der Waals surface area contributed by atoms with Gasteiger partial charge >= 0.3 is 0 Å². The molecular weight excluding hydrogens is 270 g/mol. The third-order valence-electron chi connectivity index (χ3n) is 2.81. The van der Waals surface area contributed by atoms with Crippen molar-refractivity contribution in [3.05, 3.63) is 58.6 Å². The predicted molar refractivity (Wildman–Crippen MR) is 81.3 cm³/mol. The van der Waals surface area contributed by atoms with Gasteiger partial charge in [0.1, 0.15) is 5.82 Å². The third kappa shape index (κ3) is 2.95. The number of nitrogens with zero attached hydrogens (tertiary/aromatic N) is 1. The van der Waals surface area contributed by atoms with Gasteiger partial charge in [0, 0.05) is 11.0 Å². The van der Waals surface area contributed by atoms with Gasteiger partial charge in [0.05, 0.1) is 17.6 Å². The maximum atomic E-state index is 11.7. The summed E-state index contributed by atoms with van der Waals surface area (Å²) in [5, 5.41) is 4.79. The molecule has 0 aliphatic rings. The molecule has 2 aromatic heterocycles. The first kappa shape index (κ1) is 12.6. The second kappa shape index (κ2) is 5.71.